The van der Waals surface area contributed by atoms with Crippen molar-refractivity contribution in [3.05, 3.63) is 34.4 Å². The summed E-state index contributed by atoms with van der Waals surface area (Å²) in [6, 6.07) is 1.74. The molecule has 0 radical (unpaired) electrons. The highest BCUT2D eigenvalue weighted by atomic mass is 35.5. The van der Waals surface area contributed by atoms with Crippen LogP contribution in [0.4, 0.5) is 8.78 Å². The Balaban J connectivity index is 2.97. The molecule has 16 heavy (non-hydrogen) atoms. The molecular formula is C10H9ClF2O3. The van der Waals surface area contributed by atoms with E-state index in [0.717, 1.165) is 19.2 Å². The summed E-state index contributed by atoms with van der Waals surface area (Å²) in [6.45, 7) is 0. The molecule has 0 amide bonds. The van der Waals surface area contributed by atoms with Gasteiger partial charge < -0.3 is 9.84 Å². The molecule has 0 aromatic heterocycles. The summed E-state index contributed by atoms with van der Waals surface area (Å²) in [7, 11) is 1.08. The Morgan fingerprint density at radius 2 is 2.06 bits per heavy atom. The molecule has 0 aliphatic rings. The molecule has 1 unspecified atom stereocenters. The fourth-order valence-corrected chi connectivity index (χ4v) is 1.40. The highest BCUT2D eigenvalue weighted by molar-refractivity contribution is 6.31. The fraction of sp³-hybridized carbons (Fsp3) is 0.300. The molecule has 3 nitrogen and oxygen atoms in total. The van der Waals surface area contributed by atoms with Crippen molar-refractivity contribution in [1.29, 1.82) is 0 Å². The minimum atomic E-state index is -1.57. The first kappa shape index (κ1) is 12.9. The molecule has 0 saturated carbocycles. The third-order valence-electron chi connectivity index (χ3n) is 2.01. The molecule has 0 fully saturated rings. The summed E-state index contributed by atoms with van der Waals surface area (Å²) in [4.78, 5) is 10.9. The first-order valence-electron chi connectivity index (χ1n) is 4.35. The largest absolute Gasteiger partial charge is 0.467 e. The number of methoxy groups -OCH3 is 1. The second kappa shape index (κ2) is 5.23. The quantitative estimate of drug-likeness (QED) is 0.656. The monoisotopic (exact) mass is 250 g/mol. The molecule has 0 saturated heterocycles. The number of benzene rings is 1. The minimum Gasteiger partial charge on any atom is -0.467 e. The molecule has 0 bridgehead atoms. The van der Waals surface area contributed by atoms with Crippen molar-refractivity contribution in [2.45, 2.75) is 12.5 Å². The summed E-state index contributed by atoms with van der Waals surface area (Å²) >= 11 is 5.51. The number of carbonyl (C=O) groups is 1. The lowest BCUT2D eigenvalue weighted by Gasteiger charge is -2.10. The third kappa shape index (κ3) is 2.68. The third-order valence-corrected chi connectivity index (χ3v) is 2.42. The first-order valence-corrected chi connectivity index (χ1v) is 4.73. The van der Waals surface area contributed by atoms with Crippen LogP contribution in [0.3, 0.4) is 0 Å². The zero-order valence-corrected chi connectivity index (χ0v) is 9.09. The average molecular weight is 251 g/mol. The summed E-state index contributed by atoms with van der Waals surface area (Å²) in [5.41, 5.74) is -0.250. The van der Waals surface area contributed by atoms with Crippen molar-refractivity contribution in [2.24, 2.45) is 0 Å². The van der Waals surface area contributed by atoms with E-state index in [1.807, 2.05) is 0 Å². The predicted octanol–water partition coefficient (Wildman–Crippen LogP) is 1.69. The van der Waals surface area contributed by atoms with Gasteiger partial charge in [-0.1, -0.05) is 11.6 Å². The zero-order valence-electron chi connectivity index (χ0n) is 8.34. The second-order valence-corrected chi connectivity index (χ2v) is 3.44. The maximum Gasteiger partial charge on any atom is 0.335 e. The van der Waals surface area contributed by atoms with E-state index < -0.39 is 35.2 Å². The van der Waals surface area contributed by atoms with Crippen LogP contribution in [0.2, 0.25) is 5.02 Å². The van der Waals surface area contributed by atoms with Gasteiger partial charge in [0.25, 0.3) is 0 Å². The number of halogens is 3. The topological polar surface area (TPSA) is 46.5 Å². The Hall–Kier alpha value is -1.20. The lowest BCUT2D eigenvalue weighted by molar-refractivity contribution is -0.150. The molecule has 0 aliphatic heterocycles. The van der Waals surface area contributed by atoms with Gasteiger partial charge in [0.05, 0.1) is 12.1 Å². The Kier molecular flexibility index (Phi) is 4.20. The number of ether oxygens (including phenoxy) is 1. The van der Waals surface area contributed by atoms with Crippen molar-refractivity contribution in [3.8, 4) is 0 Å². The van der Waals surface area contributed by atoms with E-state index in [2.05, 4.69) is 4.74 Å². The summed E-state index contributed by atoms with van der Waals surface area (Å²) < 4.78 is 30.5. The van der Waals surface area contributed by atoms with E-state index in [9.17, 15) is 18.7 Å². The van der Waals surface area contributed by atoms with Crippen LogP contribution in [-0.4, -0.2) is 24.3 Å². The summed E-state index contributed by atoms with van der Waals surface area (Å²) in [6.07, 6.45) is -2.01. The van der Waals surface area contributed by atoms with Crippen LogP contribution < -0.4 is 0 Å². The van der Waals surface area contributed by atoms with E-state index in [0.29, 0.717) is 0 Å². The zero-order chi connectivity index (χ0) is 12.3. The number of esters is 1. The van der Waals surface area contributed by atoms with Crippen LogP contribution in [-0.2, 0) is 16.0 Å². The predicted molar refractivity (Wildman–Crippen MR) is 53.1 cm³/mol. The van der Waals surface area contributed by atoms with Crippen LogP contribution in [0.25, 0.3) is 0 Å². The van der Waals surface area contributed by atoms with Crippen LogP contribution in [0.15, 0.2) is 12.1 Å². The molecule has 1 N–H and O–H groups in total. The van der Waals surface area contributed by atoms with Crippen molar-refractivity contribution in [2.75, 3.05) is 7.11 Å². The maximum absolute atomic E-state index is 13.2. The van der Waals surface area contributed by atoms with Crippen molar-refractivity contribution < 1.29 is 23.4 Å². The van der Waals surface area contributed by atoms with Gasteiger partial charge in [0, 0.05) is 12.0 Å². The van der Waals surface area contributed by atoms with E-state index in [1.165, 1.54) is 0 Å². The molecule has 1 aromatic rings. The Labute approximate surface area is 95.6 Å². The number of hydrogen-bond donors (Lipinski definition) is 1. The van der Waals surface area contributed by atoms with Gasteiger partial charge in [0.15, 0.2) is 6.10 Å². The van der Waals surface area contributed by atoms with Gasteiger partial charge in [-0.15, -0.1) is 0 Å². The Morgan fingerprint density at radius 1 is 1.50 bits per heavy atom. The highest BCUT2D eigenvalue weighted by Crippen LogP contribution is 2.24. The number of carbonyl (C=O) groups excluding carboxylic acids is 1. The lowest BCUT2D eigenvalue weighted by Crippen LogP contribution is -2.24. The van der Waals surface area contributed by atoms with Gasteiger partial charge >= 0.3 is 5.97 Å². The number of aliphatic hydroxyl groups is 1. The van der Waals surface area contributed by atoms with E-state index in [1.54, 1.807) is 0 Å². The molecule has 0 spiro atoms. The van der Waals surface area contributed by atoms with Crippen molar-refractivity contribution >= 4 is 17.6 Å². The molecule has 6 heteroatoms. The van der Waals surface area contributed by atoms with Gasteiger partial charge in [-0.2, -0.15) is 0 Å². The van der Waals surface area contributed by atoms with Crippen LogP contribution in [0.5, 0.6) is 0 Å². The summed E-state index contributed by atoms with van der Waals surface area (Å²) in [5.74, 6) is -2.52. The van der Waals surface area contributed by atoms with Crippen molar-refractivity contribution in [1.82, 2.24) is 0 Å². The number of rotatable bonds is 3. The van der Waals surface area contributed by atoms with Crippen LogP contribution in [0.1, 0.15) is 5.56 Å². The highest BCUT2D eigenvalue weighted by Gasteiger charge is 2.21. The Bertz CT molecular complexity index is 409. The normalized spacial score (nSPS) is 12.3. The molecule has 0 aliphatic carbocycles. The molecule has 1 atom stereocenters. The molecule has 1 aromatic carbocycles. The van der Waals surface area contributed by atoms with E-state index in [-0.39, 0.29) is 5.56 Å². The van der Waals surface area contributed by atoms with Gasteiger partial charge in [-0.05, 0) is 12.1 Å². The smallest absolute Gasteiger partial charge is 0.335 e. The molecule has 88 valence electrons. The van der Waals surface area contributed by atoms with Gasteiger partial charge in [0.2, 0.25) is 0 Å². The fourth-order valence-electron chi connectivity index (χ4n) is 1.17. The maximum atomic E-state index is 13.2. The van der Waals surface area contributed by atoms with Crippen LogP contribution >= 0.6 is 11.6 Å². The molecule has 1 rings (SSSR count). The average Bonchev–Trinajstić information content (AvgIpc) is 2.28. The molecular weight excluding hydrogens is 242 g/mol. The standard InChI is InChI=1S/C10H9ClF2O3/c1-16-10(15)8(14)4-5-6(12)2-3-7(13)9(5)11/h2-3,8,14H,4H2,1H3. The second-order valence-electron chi connectivity index (χ2n) is 3.06. The summed E-state index contributed by atoms with van der Waals surface area (Å²) in [5, 5.41) is 8.85. The van der Waals surface area contributed by atoms with Crippen LogP contribution in [0, 0.1) is 11.6 Å². The SMILES string of the molecule is COC(=O)C(O)Cc1c(F)ccc(F)c1Cl. The first-order chi connectivity index (χ1) is 7.47. The minimum absolute atomic E-state index is 0.250. The molecule has 0 heterocycles. The lowest BCUT2D eigenvalue weighted by atomic mass is 10.1. The number of aliphatic hydroxyl groups excluding tert-OH is 1. The van der Waals surface area contributed by atoms with E-state index in [4.69, 9.17) is 11.6 Å². The van der Waals surface area contributed by atoms with Gasteiger partial charge in [-0.3, -0.25) is 0 Å². The van der Waals surface area contributed by atoms with E-state index >= 15 is 0 Å². The van der Waals surface area contributed by atoms with Gasteiger partial charge in [-0.25, -0.2) is 13.6 Å². The van der Waals surface area contributed by atoms with Gasteiger partial charge in [0.1, 0.15) is 11.6 Å². The Morgan fingerprint density at radius 3 is 2.62 bits per heavy atom. The number of hydrogen-bond acceptors (Lipinski definition) is 3. The van der Waals surface area contributed by atoms with Crippen molar-refractivity contribution in [3.63, 3.8) is 0 Å².